The first-order chi connectivity index (χ1) is 6.74. The molecule has 1 heteroatoms. The first-order valence-corrected chi connectivity index (χ1v) is 6.19. The molecule has 0 radical (unpaired) electrons. The van der Waals surface area contributed by atoms with E-state index in [-0.39, 0.29) is 0 Å². The topological polar surface area (TPSA) is 17.1 Å². The van der Waals surface area contributed by atoms with Gasteiger partial charge < -0.3 is 4.79 Å². The molecule has 1 nitrogen and oxygen atoms in total. The lowest BCUT2D eigenvalue weighted by Crippen LogP contribution is -2.20. The highest BCUT2D eigenvalue weighted by Crippen LogP contribution is 2.53. The molecule has 0 bridgehead atoms. The second-order valence-electron chi connectivity index (χ2n) is 5.48. The predicted molar refractivity (Wildman–Crippen MR) is 57.9 cm³/mol. The van der Waals surface area contributed by atoms with Crippen molar-refractivity contribution in [3.63, 3.8) is 0 Å². The molecular formula is C13H22O. The van der Waals surface area contributed by atoms with E-state index in [1.54, 1.807) is 0 Å². The quantitative estimate of drug-likeness (QED) is 0.630. The summed E-state index contributed by atoms with van der Waals surface area (Å²) in [5.41, 5.74) is 0. The summed E-state index contributed by atoms with van der Waals surface area (Å²) in [7, 11) is 0. The molecule has 80 valence electrons. The average Bonchev–Trinajstić information content (AvgIpc) is 2.97. The summed E-state index contributed by atoms with van der Waals surface area (Å²) in [6.07, 6.45) is 8.18. The van der Waals surface area contributed by atoms with Crippen LogP contribution in [0.25, 0.3) is 0 Å². The van der Waals surface area contributed by atoms with Crippen molar-refractivity contribution < 1.29 is 4.79 Å². The van der Waals surface area contributed by atoms with Crippen LogP contribution in [0.5, 0.6) is 0 Å². The first-order valence-electron chi connectivity index (χ1n) is 6.19. The molecule has 2 saturated carbocycles. The summed E-state index contributed by atoms with van der Waals surface area (Å²) >= 11 is 0. The summed E-state index contributed by atoms with van der Waals surface area (Å²) in [5, 5.41) is 0. The minimum Gasteiger partial charge on any atom is -0.303 e. The summed E-state index contributed by atoms with van der Waals surface area (Å²) in [6, 6.07) is 0. The van der Waals surface area contributed by atoms with Gasteiger partial charge in [0.2, 0.25) is 0 Å². The van der Waals surface area contributed by atoms with Crippen LogP contribution in [0.1, 0.15) is 46.0 Å². The minimum absolute atomic E-state index is 0.314. The third-order valence-corrected chi connectivity index (χ3v) is 4.51. The normalized spacial score (nSPS) is 44.4. The molecular weight excluding hydrogens is 172 g/mol. The minimum atomic E-state index is 0.314. The SMILES string of the molecule is C[C@@H]1CCCC[C@@H]1[C@@H]1C[C@@H]1[C@@H](C)C=O. The van der Waals surface area contributed by atoms with E-state index in [0.29, 0.717) is 5.92 Å². The van der Waals surface area contributed by atoms with E-state index in [1.807, 2.05) is 0 Å². The lowest BCUT2D eigenvalue weighted by atomic mass is 9.76. The van der Waals surface area contributed by atoms with E-state index < -0.39 is 0 Å². The summed E-state index contributed by atoms with van der Waals surface area (Å²) in [5.74, 6) is 3.80. The second-order valence-corrected chi connectivity index (χ2v) is 5.48. The van der Waals surface area contributed by atoms with Crippen LogP contribution in [-0.4, -0.2) is 6.29 Å². The zero-order valence-electron chi connectivity index (χ0n) is 9.41. The molecule has 0 saturated heterocycles. The lowest BCUT2D eigenvalue weighted by Gasteiger charge is -2.29. The van der Waals surface area contributed by atoms with E-state index in [9.17, 15) is 4.79 Å². The Hall–Kier alpha value is -0.330. The first kappa shape index (κ1) is 10.2. The number of hydrogen-bond acceptors (Lipinski definition) is 1. The Morgan fingerprint density at radius 1 is 1.21 bits per heavy atom. The van der Waals surface area contributed by atoms with Crippen molar-refractivity contribution in [2.24, 2.45) is 29.6 Å². The molecule has 0 aromatic rings. The fourth-order valence-corrected chi connectivity index (χ4v) is 3.41. The number of hydrogen-bond donors (Lipinski definition) is 0. The molecule has 0 aromatic heterocycles. The lowest BCUT2D eigenvalue weighted by molar-refractivity contribution is -0.111. The fraction of sp³-hybridized carbons (Fsp3) is 0.923. The third kappa shape index (κ3) is 1.87. The summed E-state index contributed by atoms with van der Waals surface area (Å²) in [6.45, 7) is 4.50. The van der Waals surface area contributed by atoms with Crippen LogP contribution < -0.4 is 0 Å². The monoisotopic (exact) mass is 194 g/mol. The molecule has 0 aliphatic heterocycles. The van der Waals surface area contributed by atoms with Crippen molar-refractivity contribution >= 4 is 6.29 Å². The van der Waals surface area contributed by atoms with Gasteiger partial charge in [-0.25, -0.2) is 0 Å². The number of aldehydes is 1. The van der Waals surface area contributed by atoms with Crippen LogP contribution in [0.15, 0.2) is 0 Å². The predicted octanol–water partition coefficient (Wildman–Crippen LogP) is 3.28. The van der Waals surface area contributed by atoms with Crippen LogP contribution in [0.4, 0.5) is 0 Å². The number of carbonyl (C=O) groups excluding carboxylic acids is 1. The van der Waals surface area contributed by atoms with Crippen molar-refractivity contribution in [1.29, 1.82) is 0 Å². The van der Waals surface area contributed by atoms with E-state index in [2.05, 4.69) is 13.8 Å². The molecule has 0 unspecified atom stereocenters. The van der Waals surface area contributed by atoms with E-state index in [1.165, 1.54) is 32.1 Å². The molecule has 2 aliphatic rings. The van der Waals surface area contributed by atoms with Crippen LogP contribution in [0.3, 0.4) is 0 Å². The van der Waals surface area contributed by atoms with Crippen LogP contribution in [-0.2, 0) is 4.79 Å². The van der Waals surface area contributed by atoms with Gasteiger partial charge in [-0.3, -0.25) is 0 Å². The molecule has 5 atom stereocenters. The van der Waals surface area contributed by atoms with Gasteiger partial charge in [0.25, 0.3) is 0 Å². The van der Waals surface area contributed by atoms with Crippen molar-refractivity contribution in [3.8, 4) is 0 Å². The maximum atomic E-state index is 10.7. The zero-order valence-corrected chi connectivity index (χ0v) is 9.41. The van der Waals surface area contributed by atoms with Crippen LogP contribution >= 0.6 is 0 Å². The van der Waals surface area contributed by atoms with E-state index in [0.717, 1.165) is 30.0 Å². The van der Waals surface area contributed by atoms with E-state index in [4.69, 9.17) is 0 Å². The van der Waals surface area contributed by atoms with Crippen molar-refractivity contribution in [2.75, 3.05) is 0 Å². The molecule has 0 spiro atoms. The summed E-state index contributed by atoms with van der Waals surface area (Å²) < 4.78 is 0. The molecule has 0 aromatic carbocycles. The Balaban J connectivity index is 1.88. The van der Waals surface area contributed by atoms with Crippen molar-refractivity contribution in [1.82, 2.24) is 0 Å². The van der Waals surface area contributed by atoms with Gasteiger partial charge in [0, 0.05) is 5.92 Å². The molecule has 0 N–H and O–H groups in total. The molecule has 2 fully saturated rings. The van der Waals surface area contributed by atoms with Gasteiger partial charge in [-0.15, -0.1) is 0 Å². The van der Waals surface area contributed by atoms with Crippen LogP contribution in [0, 0.1) is 29.6 Å². The van der Waals surface area contributed by atoms with E-state index >= 15 is 0 Å². The fourth-order valence-electron chi connectivity index (χ4n) is 3.41. The van der Waals surface area contributed by atoms with Crippen LogP contribution in [0.2, 0.25) is 0 Å². The smallest absolute Gasteiger partial charge is 0.123 e. The Bertz CT molecular complexity index is 211. The highest BCUT2D eigenvalue weighted by atomic mass is 16.1. The third-order valence-electron chi connectivity index (χ3n) is 4.51. The van der Waals surface area contributed by atoms with Gasteiger partial charge in [0.05, 0.1) is 0 Å². The maximum Gasteiger partial charge on any atom is 0.123 e. The number of carbonyl (C=O) groups is 1. The standard InChI is InChI=1S/C13H22O/c1-9-5-3-4-6-11(9)13-7-12(13)10(2)8-14/h8-13H,3-7H2,1-2H3/t9-,10+,11+,12-,13+/m1/s1. The Morgan fingerprint density at radius 3 is 2.57 bits per heavy atom. The second kappa shape index (κ2) is 4.04. The van der Waals surface area contributed by atoms with Gasteiger partial charge >= 0.3 is 0 Å². The molecule has 2 rings (SSSR count). The average molecular weight is 194 g/mol. The highest BCUT2D eigenvalue weighted by molar-refractivity contribution is 5.54. The highest BCUT2D eigenvalue weighted by Gasteiger charge is 2.47. The zero-order chi connectivity index (χ0) is 10.1. The van der Waals surface area contributed by atoms with Crippen molar-refractivity contribution in [3.05, 3.63) is 0 Å². The van der Waals surface area contributed by atoms with Gasteiger partial charge in [-0.1, -0.05) is 33.1 Å². The Kier molecular flexibility index (Phi) is 2.94. The Morgan fingerprint density at radius 2 is 1.93 bits per heavy atom. The maximum absolute atomic E-state index is 10.7. The largest absolute Gasteiger partial charge is 0.303 e. The molecule has 2 aliphatic carbocycles. The van der Waals surface area contributed by atoms with Gasteiger partial charge in [0.15, 0.2) is 0 Å². The molecule has 14 heavy (non-hydrogen) atoms. The molecule has 0 amide bonds. The van der Waals surface area contributed by atoms with Crippen molar-refractivity contribution in [2.45, 2.75) is 46.0 Å². The molecule has 0 heterocycles. The Labute approximate surface area is 87.3 Å². The number of rotatable bonds is 3. The van der Waals surface area contributed by atoms with Gasteiger partial charge in [0.1, 0.15) is 6.29 Å². The van der Waals surface area contributed by atoms with Gasteiger partial charge in [-0.05, 0) is 36.5 Å². The summed E-state index contributed by atoms with van der Waals surface area (Å²) in [4.78, 5) is 10.7. The van der Waals surface area contributed by atoms with Gasteiger partial charge in [-0.2, -0.15) is 0 Å².